The Balaban J connectivity index is 2.43. The summed E-state index contributed by atoms with van der Waals surface area (Å²) in [7, 11) is 0. The second-order valence-corrected chi connectivity index (χ2v) is 4.98. The smallest absolute Gasteiger partial charge is 0.185 e. The quantitative estimate of drug-likeness (QED) is 0.590. The topological polar surface area (TPSA) is 34.1 Å². The molecule has 0 amide bonds. The van der Waals surface area contributed by atoms with E-state index in [0.717, 1.165) is 23.3 Å². The van der Waals surface area contributed by atoms with Crippen molar-refractivity contribution in [2.75, 3.05) is 5.75 Å². The Morgan fingerprint density at radius 2 is 1.82 bits per heavy atom. The van der Waals surface area contributed by atoms with Crippen molar-refractivity contribution in [2.45, 2.75) is 20.3 Å². The minimum absolute atomic E-state index is 0.0818. The number of ketones is 1. The lowest BCUT2D eigenvalue weighted by Crippen LogP contribution is -1.90. The molecule has 0 aliphatic heterocycles. The third-order valence-electron chi connectivity index (χ3n) is 2.22. The Hall–Kier alpha value is -1.35. The van der Waals surface area contributed by atoms with Gasteiger partial charge in [0.1, 0.15) is 0 Å². The van der Waals surface area contributed by atoms with Crippen LogP contribution in [0.5, 0.6) is 0 Å². The average molecular weight is 248 g/mol. The number of benzene rings is 1. The fraction of sp³-hybridized carbons (Fsp3) is 0.286. The van der Waals surface area contributed by atoms with Gasteiger partial charge in [0, 0.05) is 18.2 Å². The zero-order valence-corrected chi connectivity index (χ0v) is 10.9. The zero-order chi connectivity index (χ0) is 12.7. The molecule has 0 radical (unpaired) electrons. The third kappa shape index (κ3) is 5.50. The van der Waals surface area contributed by atoms with Gasteiger partial charge in [-0.2, -0.15) is 0 Å². The fourth-order valence-corrected chi connectivity index (χ4v) is 1.86. The summed E-state index contributed by atoms with van der Waals surface area (Å²) in [5, 5.41) is 0.157. The van der Waals surface area contributed by atoms with Gasteiger partial charge in [0.25, 0.3) is 0 Å². The number of thioether (sulfide) groups is 1. The van der Waals surface area contributed by atoms with Crippen LogP contribution in [0.3, 0.4) is 0 Å². The highest BCUT2D eigenvalue weighted by Gasteiger charge is 1.96. The van der Waals surface area contributed by atoms with Gasteiger partial charge in [0.2, 0.25) is 0 Å². The first-order valence-corrected chi connectivity index (χ1v) is 6.49. The first-order valence-electron chi connectivity index (χ1n) is 5.50. The largest absolute Gasteiger partial charge is 0.295 e. The number of hydrogen-bond donors (Lipinski definition) is 0. The number of carbonyl (C=O) groups excluding carboxylic acids is 2. The number of allylic oxidation sites excluding steroid dienone is 1. The van der Waals surface area contributed by atoms with Crippen molar-refractivity contribution in [1.82, 2.24) is 0 Å². The Labute approximate surface area is 106 Å². The Morgan fingerprint density at radius 1 is 1.18 bits per heavy atom. The molecule has 0 heterocycles. The first kappa shape index (κ1) is 13.7. The van der Waals surface area contributed by atoms with Crippen molar-refractivity contribution < 1.29 is 9.59 Å². The van der Waals surface area contributed by atoms with Crippen LogP contribution in [0, 0.1) is 0 Å². The monoisotopic (exact) mass is 248 g/mol. The highest BCUT2D eigenvalue weighted by Crippen LogP contribution is 2.09. The molecule has 0 aromatic heterocycles. The lowest BCUT2D eigenvalue weighted by atomic mass is 10.1. The molecule has 3 heteroatoms. The van der Waals surface area contributed by atoms with Crippen LogP contribution >= 0.6 is 11.8 Å². The van der Waals surface area contributed by atoms with Gasteiger partial charge < -0.3 is 0 Å². The molecule has 0 bridgehead atoms. The fourth-order valence-electron chi connectivity index (χ4n) is 1.32. The average Bonchev–Trinajstić information content (AvgIpc) is 2.29. The van der Waals surface area contributed by atoms with E-state index in [2.05, 4.69) is 0 Å². The molecular formula is C14H16O2S. The first-order chi connectivity index (χ1) is 8.09. The van der Waals surface area contributed by atoms with Crippen LogP contribution in [0.25, 0.3) is 6.08 Å². The van der Waals surface area contributed by atoms with E-state index < -0.39 is 0 Å². The minimum atomic E-state index is 0.0818. The van der Waals surface area contributed by atoms with Gasteiger partial charge in [-0.05, 0) is 18.9 Å². The van der Waals surface area contributed by atoms with Crippen molar-refractivity contribution in [2.24, 2.45) is 0 Å². The highest BCUT2D eigenvalue weighted by atomic mass is 32.2. The van der Waals surface area contributed by atoms with Gasteiger partial charge in [0.15, 0.2) is 10.9 Å². The van der Waals surface area contributed by atoms with E-state index in [0.29, 0.717) is 0 Å². The molecule has 2 nitrogen and oxygen atoms in total. The molecule has 1 aromatic carbocycles. The maximum absolute atomic E-state index is 11.1. The molecule has 17 heavy (non-hydrogen) atoms. The standard InChI is InChI=1S/C14H16O2S/c1-11(15)14-8-6-13(7-9-14)5-3-4-10-17-12(2)16/h3,5-9H,4,10H2,1-2H3. The summed E-state index contributed by atoms with van der Waals surface area (Å²) in [5.74, 6) is 0.899. The van der Waals surface area contributed by atoms with Crippen LogP contribution in [-0.4, -0.2) is 16.7 Å². The van der Waals surface area contributed by atoms with Gasteiger partial charge in [0.05, 0.1) is 0 Å². The molecule has 1 rings (SSSR count). The zero-order valence-electron chi connectivity index (χ0n) is 10.1. The maximum atomic E-state index is 11.1. The summed E-state index contributed by atoms with van der Waals surface area (Å²) < 4.78 is 0. The highest BCUT2D eigenvalue weighted by molar-refractivity contribution is 8.13. The van der Waals surface area contributed by atoms with Crippen molar-refractivity contribution >= 4 is 28.7 Å². The molecule has 0 spiro atoms. The summed E-state index contributed by atoms with van der Waals surface area (Å²) in [6, 6.07) is 7.50. The van der Waals surface area contributed by atoms with Gasteiger partial charge in [-0.15, -0.1) is 0 Å². The van der Waals surface area contributed by atoms with E-state index in [-0.39, 0.29) is 10.9 Å². The number of rotatable bonds is 5. The molecule has 0 atom stereocenters. The maximum Gasteiger partial charge on any atom is 0.185 e. The predicted octanol–water partition coefficient (Wildman–Crippen LogP) is 3.57. The van der Waals surface area contributed by atoms with Crippen LogP contribution < -0.4 is 0 Å². The number of carbonyl (C=O) groups is 2. The minimum Gasteiger partial charge on any atom is -0.295 e. The molecular weight excluding hydrogens is 232 g/mol. The van der Waals surface area contributed by atoms with E-state index in [1.165, 1.54) is 11.8 Å². The van der Waals surface area contributed by atoms with Crippen molar-refractivity contribution in [3.05, 3.63) is 41.5 Å². The van der Waals surface area contributed by atoms with Crippen molar-refractivity contribution in [3.63, 3.8) is 0 Å². The SMILES string of the molecule is CC(=O)SCCC=Cc1ccc(C(C)=O)cc1. The normalized spacial score (nSPS) is 10.7. The molecule has 0 aliphatic rings. The molecule has 90 valence electrons. The van der Waals surface area contributed by atoms with Gasteiger partial charge in [-0.25, -0.2) is 0 Å². The van der Waals surface area contributed by atoms with Crippen molar-refractivity contribution in [3.8, 4) is 0 Å². The Morgan fingerprint density at radius 3 is 2.35 bits per heavy atom. The summed E-state index contributed by atoms with van der Waals surface area (Å²) >= 11 is 1.34. The molecule has 0 saturated heterocycles. The van der Waals surface area contributed by atoms with E-state index >= 15 is 0 Å². The van der Waals surface area contributed by atoms with Crippen LogP contribution in [-0.2, 0) is 4.79 Å². The summed E-state index contributed by atoms with van der Waals surface area (Å²) in [5.41, 5.74) is 1.80. The molecule has 0 aliphatic carbocycles. The van der Waals surface area contributed by atoms with Gasteiger partial charge in [-0.3, -0.25) is 9.59 Å². The van der Waals surface area contributed by atoms with Gasteiger partial charge in [-0.1, -0.05) is 48.2 Å². The number of Topliss-reactive ketones (excluding diaryl/α,β-unsaturated/α-hetero) is 1. The van der Waals surface area contributed by atoms with E-state index in [4.69, 9.17) is 0 Å². The summed E-state index contributed by atoms with van der Waals surface area (Å²) in [4.78, 5) is 21.8. The van der Waals surface area contributed by atoms with Crippen LogP contribution in [0.4, 0.5) is 0 Å². The Bertz CT molecular complexity index is 418. The van der Waals surface area contributed by atoms with Gasteiger partial charge >= 0.3 is 0 Å². The van der Waals surface area contributed by atoms with E-state index in [9.17, 15) is 9.59 Å². The van der Waals surface area contributed by atoms with E-state index in [1.807, 2.05) is 36.4 Å². The van der Waals surface area contributed by atoms with Crippen LogP contribution in [0.2, 0.25) is 0 Å². The molecule has 0 N–H and O–H groups in total. The lowest BCUT2D eigenvalue weighted by Gasteiger charge is -1.97. The van der Waals surface area contributed by atoms with Crippen molar-refractivity contribution in [1.29, 1.82) is 0 Å². The van der Waals surface area contributed by atoms with Crippen LogP contribution in [0.15, 0.2) is 30.3 Å². The predicted molar refractivity (Wildman–Crippen MR) is 73.2 cm³/mol. The second-order valence-electron chi connectivity index (χ2n) is 3.71. The third-order valence-corrected chi connectivity index (χ3v) is 3.06. The summed E-state index contributed by atoms with van der Waals surface area (Å²) in [6.07, 6.45) is 4.92. The molecule has 0 saturated carbocycles. The van der Waals surface area contributed by atoms with E-state index in [1.54, 1.807) is 13.8 Å². The number of hydrogen-bond acceptors (Lipinski definition) is 3. The summed E-state index contributed by atoms with van der Waals surface area (Å²) in [6.45, 7) is 3.14. The molecule has 1 aromatic rings. The molecule has 0 unspecified atom stereocenters. The second kappa shape index (κ2) is 7.07. The Kier molecular flexibility index (Phi) is 5.70. The lowest BCUT2D eigenvalue weighted by molar-refractivity contribution is -0.109. The van der Waals surface area contributed by atoms with Crippen LogP contribution in [0.1, 0.15) is 36.2 Å². The molecule has 0 fully saturated rings.